The number of rotatable bonds is 1. The SMILES string of the molecule is COS(=O)(=O)[O-].Cc1cc[n+](C)n1C. The summed E-state index contributed by atoms with van der Waals surface area (Å²) >= 11 is 0. The van der Waals surface area contributed by atoms with E-state index in [0.29, 0.717) is 0 Å². The van der Waals surface area contributed by atoms with Crippen LogP contribution in [-0.4, -0.2) is 24.8 Å². The molecule has 1 aromatic rings. The molecule has 0 radical (unpaired) electrons. The van der Waals surface area contributed by atoms with E-state index in [1.165, 1.54) is 5.69 Å². The lowest BCUT2D eigenvalue weighted by molar-refractivity contribution is -0.751. The fourth-order valence-corrected chi connectivity index (χ4v) is 0.672. The third kappa shape index (κ3) is 4.95. The van der Waals surface area contributed by atoms with Gasteiger partial charge in [-0.15, -0.1) is 4.68 Å². The molecule has 1 aromatic heterocycles. The molecule has 0 saturated heterocycles. The van der Waals surface area contributed by atoms with Crippen LogP contribution < -0.4 is 4.68 Å². The molecule has 14 heavy (non-hydrogen) atoms. The third-order valence-electron chi connectivity index (χ3n) is 1.72. The van der Waals surface area contributed by atoms with Crippen LogP contribution in [0, 0.1) is 6.92 Å². The van der Waals surface area contributed by atoms with Gasteiger partial charge in [-0.25, -0.2) is 8.42 Å². The van der Waals surface area contributed by atoms with Gasteiger partial charge in [0.15, 0.2) is 13.2 Å². The highest BCUT2D eigenvalue weighted by molar-refractivity contribution is 7.80. The van der Waals surface area contributed by atoms with E-state index in [9.17, 15) is 13.0 Å². The maximum atomic E-state index is 9.22. The standard InChI is InChI=1S/C6H11N2.CH4O4S/c1-6-4-5-7(2)8(6)3;1-5-6(2,3)4/h4-5H,1-3H3;1H3,(H,2,3,4)/q+1;/p-1. The quantitative estimate of drug-likeness (QED) is 0.356. The minimum Gasteiger partial charge on any atom is -0.726 e. The number of hydrogen-bond acceptors (Lipinski definition) is 4. The molecule has 0 spiro atoms. The number of aromatic nitrogens is 2. The van der Waals surface area contributed by atoms with Crippen LogP contribution in [0.1, 0.15) is 5.69 Å². The average Bonchev–Trinajstić information content (AvgIpc) is 2.36. The second kappa shape index (κ2) is 5.08. The Hall–Kier alpha value is -0.920. The Balaban J connectivity index is 0.000000255. The van der Waals surface area contributed by atoms with Crippen LogP contribution in [0.3, 0.4) is 0 Å². The molecule has 7 heteroatoms. The van der Waals surface area contributed by atoms with Gasteiger partial charge in [0.1, 0.15) is 0 Å². The van der Waals surface area contributed by atoms with Crippen molar-refractivity contribution in [3.05, 3.63) is 18.0 Å². The first kappa shape index (κ1) is 13.1. The molecule has 0 fully saturated rings. The summed E-state index contributed by atoms with van der Waals surface area (Å²) < 4.78 is 35.1. The summed E-state index contributed by atoms with van der Waals surface area (Å²) in [6, 6.07) is 2.08. The number of hydrogen-bond donors (Lipinski definition) is 0. The lowest BCUT2D eigenvalue weighted by Gasteiger charge is -1.98. The predicted molar refractivity (Wildman–Crippen MR) is 48.0 cm³/mol. The average molecular weight is 222 g/mol. The first-order valence-electron chi connectivity index (χ1n) is 3.77. The molecule has 0 amide bonds. The smallest absolute Gasteiger partial charge is 0.217 e. The van der Waals surface area contributed by atoms with E-state index < -0.39 is 10.4 Å². The number of nitrogens with zero attached hydrogens (tertiary/aromatic N) is 2. The second-order valence-corrected chi connectivity index (χ2v) is 3.78. The maximum Gasteiger partial charge on any atom is 0.217 e. The molecule has 1 heterocycles. The van der Waals surface area contributed by atoms with E-state index in [-0.39, 0.29) is 0 Å². The first-order valence-corrected chi connectivity index (χ1v) is 5.11. The van der Waals surface area contributed by atoms with Crippen LogP contribution in [0.15, 0.2) is 12.3 Å². The molecule has 1 rings (SSSR count). The normalized spacial score (nSPS) is 10.6. The van der Waals surface area contributed by atoms with Crippen molar-refractivity contribution in [1.29, 1.82) is 0 Å². The van der Waals surface area contributed by atoms with Crippen molar-refractivity contribution in [1.82, 2.24) is 4.68 Å². The van der Waals surface area contributed by atoms with Crippen molar-refractivity contribution in [3.63, 3.8) is 0 Å². The molecule has 0 aliphatic carbocycles. The summed E-state index contributed by atoms with van der Waals surface area (Å²) in [5.41, 5.74) is 1.28. The Morgan fingerprint density at radius 3 is 2.07 bits per heavy atom. The van der Waals surface area contributed by atoms with Crippen LogP contribution in [0.4, 0.5) is 0 Å². The van der Waals surface area contributed by atoms with Crippen molar-refractivity contribution in [2.75, 3.05) is 7.11 Å². The summed E-state index contributed by atoms with van der Waals surface area (Å²) in [6.45, 7) is 2.08. The van der Waals surface area contributed by atoms with Gasteiger partial charge in [0.2, 0.25) is 10.4 Å². The summed E-state index contributed by atoms with van der Waals surface area (Å²) in [5, 5.41) is 0. The van der Waals surface area contributed by atoms with Gasteiger partial charge in [-0.2, -0.15) is 4.68 Å². The molecule has 82 valence electrons. The van der Waals surface area contributed by atoms with Crippen LogP contribution in [0.25, 0.3) is 0 Å². The van der Waals surface area contributed by atoms with Crippen LogP contribution in [0.2, 0.25) is 0 Å². The Morgan fingerprint density at radius 2 is 2.00 bits per heavy atom. The van der Waals surface area contributed by atoms with Gasteiger partial charge in [0.25, 0.3) is 0 Å². The van der Waals surface area contributed by atoms with Gasteiger partial charge in [-0.05, 0) is 6.92 Å². The lowest BCUT2D eigenvalue weighted by Crippen LogP contribution is -2.36. The highest BCUT2D eigenvalue weighted by atomic mass is 32.3. The van der Waals surface area contributed by atoms with E-state index in [0.717, 1.165) is 7.11 Å². The minimum atomic E-state index is -4.41. The molecular formula is C7H14N2O4S. The van der Waals surface area contributed by atoms with Gasteiger partial charge in [0, 0.05) is 6.07 Å². The Bertz CT molecular complexity index is 363. The second-order valence-electron chi connectivity index (χ2n) is 2.63. The van der Waals surface area contributed by atoms with E-state index in [1.807, 2.05) is 25.0 Å². The fraction of sp³-hybridized carbons (Fsp3) is 0.571. The van der Waals surface area contributed by atoms with Gasteiger partial charge in [-0.1, -0.05) is 0 Å². The van der Waals surface area contributed by atoms with Crippen LogP contribution >= 0.6 is 0 Å². The van der Waals surface area contributed by atoms with Gasteiger partial charge < -0.3 is 4.55 Å². The van der Waals surface area contributed by atoms with Gasteiger partial charge in [-0.3, -0.25) is 4.18 Å². The summed E-state index contributed by atoms with van der Waals surface area (Å²) in [5.74, 6) is 0. The molecule has 0 aliphatic rings. The van der Waals surface area contributed by atoms with E-state index in [2.05, 4.69) is 21.9 Å². The molecule has 0 aliphatic heterocycles. The minimum absolute atomic E-state index is 0.808. The van der Waals surface area contributed by atoms with Crippen molar-refractivity contribution in [2.24, 2.45) is 14.1 Å². The summed E-state index contributed by atoms with van der Waals surface area (Å²) in [7, 11) is 0.454. The fourth-order valence-electron chi connectivity index (χ4n) is 0.672. The van der Waals surface area contributed by atoms with Crippen molar-refractivity contribution in [2.45, 2.75) is 6.92 Å². The Morgan fingerprint density at radius 1 is 1.57 bits per heavy atom. The zero-order chi connectivity index (χ0) is 11.4. The van der Waals surface area contributed by atoms with Crippen molar-refractivity contribution >= 4 is 10.4 Å². The van der Waals surface area contributed by atoms with Crippen molar-refractivity contribution in [3.8, 4) is 0 Å². The zero-order valence-electron chi connectivity index (χ0n) is 8.59. The highest BCUT2D eigenvalue weighted by Gasteiger charge is 1.98. The van der Waals surface area contributed by atoms with Gasteiger partial charge >= 0.3 is 0 Å². The van der Waals surface area contributed by atoms with Gasteiger partial charge in [0.05, 0.1) is 19.9 Å². The van der Waals surface area contributed by atoms with E-state index >= 15 is 0 Å². The molecule has 0 saturated carbocycles. The lowest BCUT2D eigenvalue weighted by atomic mass is 10.5. The number of aryl methyl sites for hydroxylation is 2. The molecule has 0 atom stereocenters. The molecule has 6 nitrogen and oxygen atoms in total. The van der Waals surface area contributed by atoms with Crippen LogP contribution in [-0.2, 0) is 28.7 Å². The Labute approximate surface area is 83.7 Å². The van der Waals surface area contributed by atoms with E-state index in [4.69, 9.17) is 0 Å². The maximum absolute atomic E-state index is 9.22. The largest absolute Gasteiger partial charge is 0.726 e. The van der Waals surface area contributed by atoms with Crippen LogP contribution in [0.5, 0.6) is 0 Å². The first-order chi connectivity index (χ1) is 6.28. The molecule has 0 aromatic carbocycles. The molecule has 0 bridgehead atoms. The zero-order valence-corrected chi connectivity index (χ0v) is 9.41. The molecule has 0 unspecified atom stereocenters. The summed E-state index contributed by atoms with van der Waals surface area (Å²) in [4.78, 5) is 0. The summed E-state index contributed by atoms with van der Waals surface area (Å²) in [6.07, 6.45) is 2.04. The topological polar surface area (TPSA) is 75.2 Å². The predicted octanol–water partition coefficient (Wildman–Crippen LogP) is -0.749. The van der Waals surface area contributed by atoms with Crippen molar-refractivity contribution < 1.29 is 21.8 Å². The molecule has 0 N–H and O–H groups in total. The molecular weight excluding hydrogens is 208 g/mol. The Kier molecular flexibility index (Phi) is 4.75. The third-order valence-corrected chi connectivity index (χ3v) is 2.13. The monoisotopic (exact) mass is 222 g/mol. The van der Waals surface area contributed by atoms with E-state index in [1.54, 1.807) is 0 Å². The highest BCUT2D eigenvalue weighted by Crippen LogP contribution is 1.87.